The van der Waals surface area contributed by atoms with Gasteiger partial charge in [-0.15, -0.1) is 0 Å². The van der Waals surface area contributed by atoms with Crippen LogP contribution in [0.4, 0.5) is 0 Å². The predicted octanol–water partition coefficient (Wildman–Crippen LogP) is 2.11. The standard InChI is InChI=1S/C18H17N3O2/c22-18(23)14-5-6-19-16(9-14)17-10-21(11-20-17)15-7-12-3-1-2-4-13(12)8-15/h1-6,9-10,15,20H,7-8,11H2,(H,22,23). The summed E-state index contributed by atoms with van der Waals surface area (Å²) in [6, 6.07) is 12.1. The molecule has 1 aliphatic heterocycles. The van der Waals surface area contributed by atoms with Gasteiger partial charge in [-0.2, -0.15) is 0 Å². The number of hydrogen-bond donors (Lipinski definition) is 2. The second-order valence-electron chi connectivity index (χ2n) is 5.96. The Bertz CT molecular complexity index is 775. The fraction of sp³-hybridized carbons (Fsp3) is 0.222. The van der Waals surface area contributed by atoms with Gasteiger partial charge in [-0.25, -0.2) is 4.79 Å². The molecule has 1 aromatic heterocycles. The van der Waals surface area contributed by atoms with Crippen molar-refractivity contribution in [3.8, 4) is 0 Å². The third kappa shape index (κ3) is 2.54. The number of fused-ring (bicyclic) bond motifs is 1. The van der Waals surface area contributed by atoms with Crippen molar-refractivity contribution < 1.29 is 9.90 Å². The van der Waals surface area contributed by atoms with Crippen LogP contribution in [0.1, 0.15) is 27.2 Å². The van der Waals surface area contributed by atoms with E-state index < -0.39 is 5.97 Å². The molecule has 0 saturated heterocycles. The minimum atomic E-state index is -0.935. The molecule has 0 unspecified atom stereocenters. The van der Waals surface area contributed by atoms with E-state index in [1.165, 1.54) is 23.4 Å². The fourth-order valence-corrected chi connectivity index (χ4v) is 3.31. The first-order valence-electron chi connectivity index (χ1n) is 7.68. The second-order valence-corrected chi connectivity index (χ2v) is 5.96. The van der Waals surface area contributed by atoms with Gasteiger partial charge in [-0.05, 0) is 36.1 Å². The number of pyridine rings is 1. The van der Waals surface area contributed by atoms with Crippen molar-refractivity contribution in [3.05, 3.63) is 71.2 Å². The molecule has 4 rings (SSSR count). The lowest BCUT2D eigenvalue weighted by Gasteiger charge is -2.22. The Kier molecular flexibility index (Phi) is 3.26. The number of aromatic carboxylic acids is 1. The molecule has 2 N–H and O–H groups in total. The van der Waals surface area contributed by atoms with E-state index >= 15 is 0 Å². The van der Waals surface area contributed by atoms with Gasteiger partial charge in [-0.1, -0.05) is 24.3 Å². The summed E-state index contributed by atoms with van der Waals surface area (Å²) in [5.41, 5.74) is 4.65. The normalized spacial score (nSPS) is 16.9. The van der Waals surface area contributed by atoms with Crippen molar-refractivity contribution in [1.82, 2.24) is 15.2 Å². The molecule has 0 saturated carbocycles. The molecular formula is C18H17N3O2. The molecule has 23 heavy (non-hydrogen) atoms. The molecule has 0 bridgehead atoms. The van der Waals surface area contributed by atoms with Crippen molar-refractivity contribution in [3.63, 3.8) is 0 Å². The van der Waals surface area contributed by atoms with Crippen LogP contribution in [-0.4, -0.2) is 33.7 Å². The highest BCUT2D eigenvalue weighted by molar-refractivity contribution is 5.88. The van der Waals surface area contributed by atoms with Gasteiger partial charge in [-0.3, -0.25) is 4.98 Å². The molecule has 1 aliphatic carbocycles. The molecular weight excluding hydrogens is 290 g/mol. The summed E-state index contributed by atoms with van der Waals surface area (Å²) in [5, 5.41) is 12.4. The van der Waals surface area contributed by atoms with Crippen LogP contribution in [0.15, 0.2) is 48.8 Å². The Hall–Kier alpha value is -2.82. The van der Waals surface area contributed by atoms with Crippen LogP contribution in [-0.2, 0) is 12.8 Å². The molecule has 0 fully saturated rings. The van der Waals surface area contributed by atoms with Gasteiger partial charge in [0.2, 0.25) is 0 Å². The van der Waals surface area contributed by atoms with E-state index in [1.54, 1.807) is 6.07 Å². The molecule has 2 aliphatic rings. The Labute approximate surface area is 134 Å². The summed E-state index contributed by atoms with van der Waals surface area (Å²) < 4.78 is 0. The molecule has 0 spiro atoms. The number of carboxylic acids is 1. The molecule has 5 nitrogen and oxygen atoms in total. The Morgan fingerprint density at radius 1 is 1.22 bits per heavy atom. The van der Waals surface area contributed by atoms with Crippen LogP contribution < -0.4 is 5.32 Å². The van der Waals surface area contributed by atoms with Gasteiger partial charge >= 0.3 is 5.97 Å². The third-order valence-corrected chi connectivity index (χ3v) is 4.53. The van der Waals surface area contributed by atoms with Crippen LogP contribution in [0.5, 0.6) is 0 Å². The maximum absolute atomic E-state index is 11.1. The maximum Gasteiger partial charge on any atom is 0.335 e. The zero-order chi connectivity index (χ0) is 15.8. The zero-order valence-corrected chi connectivity index (χ0v) is 12.6. The zero-order valence-electron chi connectivity index (χ0n) is 12.6. The summed E-state index contributed by atoms with van der Waals surface area (Å²) in [7, 11) is 0. The molecule has 116 valence electrons. The number of rotatable bonds is 3. The van der Waals surface area contributed by atoms with Crippen molar-refractivity contribution in [2.75, 3.05) is 6.67 Å². The fourth-order valence-electron chi connectivity index (χ4n) is 3.31. The number of carbonyl (C=O) groups is 1. The Morgan fingerprint density at radius 2 is 1.96 bits per heavy atom. The number of benzene rings is 1. The van der Waals surface area contributed by atoms with Crippen LogP contribution in [0.25, 0.3) is 5.70 Å². The Morgan fingerprint density at radius 3 is 2.65 bits per heavy atom. The third-order valence-electron chi connectivity index (χ3n) is 4.53. The smallest absolute Gasteiger partial charge is 0.335 e. The number of nitrogens with zero attached hydrogens (tertiary/aromatic N) is 2. The van der Waals surface area contributed by atoms with Crippen LogP contribution in [0, 0.1) is 0 Å². The minimum absolute atomic E-state index is 0.254. The summed E-state index contributed by atoms with van der Waals surface area (Å²) in [6.45, 7) is 0.729. The summed E-state index contributed by atoms with van der Waals surface area (Å²) in [6.07, 6.45) is 5.69. The molecule has 2 heterocycles. The topological polar surface area (TPSA) is 65.5 Å². The predicted molar refractivity (Wildman–Crippen MR) is 86.7 cm³/mol. The van der Waals surface area contributed by atoms with Crippen LogP contribution in [0.2, 0.25) is 0 Å². The number of carboxylic acid groups (broad SMARTS) is 1. The van der Waals surface area contributed by atoms with Crippen molar-refractivity contribution in [2.45, 2.75) is 18.9 Å². The van der Waals surface area contributed by atoms with Gasteiger partial charge in [0.15, 0.2) is 0 Å². The minimum Gasteiger partial charge on any atom is -0.478 e. The SMILES string of the molecule is O=C(O)c1ccnc(C2=CN(C3Cc4ccccc4C3)CN2)c1. The molecule has 5 heteroatoms. The van der Waals surface area contributed by atoms with E-state index in [2.05, 4.69) is 45.7 Å². The molecule has 0 radical (unpaired) electrons. The monoisotopic (exact) mass is 307 g/mol. The van der Waals surface area contributed by atoms with Gasteiger partial charge in [0.05, 0.1) is 23.6 Å². The van der Waals surface area contributed by atoms with Crippen LogP contribution in [0.3, 0.4) is 0 Å². The highest BCUT2D eigenvalue weighted by Gasteiger charge is 2.28. The van der Waals surface area contributed by atoms with E-state index in [4.69, 9.17) is 5.11 Å². The van der Waals surface area contributed by atoms with Gasteiger partial charge in [0.25, 0.3) is 0 Å². The molecule has 1 aromatic carbocycles. The van der Waals surface area contributed by atoms with E-state index in [0.717, 1.165) is 25.2 Å². The number of aromatic nitrogens is 1. The lowest BCUT2D eigenvalue weighted by Crippen LogP contribution is -2.32. The van der Waals surface area contributed by atoms with Gasteiger partial charge < -0.3 is 15.3 Å². The summed E-state index contributed by atoms with van der Waals surface area (Å²) in [4.78, 5) is 17.7. The maximum atomic E-state index is 11.1. The molecule has 2 aromatic rings. The van der Waals surface area contributed by atoms with E-state index in [0.29, 0.717) is 11.7 Å². The first-order chi connectivity index (χ1) is 11.2. The van der Waals surface area contributed by atoms with Crippen molar-refractivity contribution in [1.29, 1.82) is 0 Å². The number of hydrogen-bond acceptors (Lipinski definition) is 4. The largest absolute Gasteiger partial charge is 0.478 e. The lowest BCUT2D eigenvalue weighted by atomic mass is 10.1. The summed E-state index contributed by atoms with van der Waals surface area (Å²) in [5.74, 6) is -0.935. The Balaban J connectivity index is 1.54. The van der Waals surface area contributed by atoms with E-state index in [-0.39, 0.29) is 5.56 Å². The van der Waals surface area contributed by atoms with Gasteiger partial charge in [0, 0.05) is 18.4 Å². The summed E-state index contributed by atoms with van der Waals surface area (Å²) >= 11 is 0. The molecule has 0 atom stereocenters. The first kappa shape index (κ1) is 13.8. The van der Waals surface area contributed by atoms with Crippen molar-refractivity contribution >= 4 is 11.7 Å². The second kappa shape index (κ2) is 5.43. The van der Waals surface area contributed by atoms with Crippen molar-refractivity contribution in [2.24, 2.45) is 0 Å². The molecule has 0 amide bonds. The van der Waals surface area contributed by atoms with Crippen LogP contribution >= 0.6 is 0 Å². The van der Waals surface area contributed by atoms with E-state index in [9.17, 15) is 4.79 Å². The van der Waals surface area contributed by atoms with Gasteiger partial charge in [0.1, 0.15) is 0 Å². The number of nitrogens with one attached hydrogen (secondary N) is 1. The average Bonchev–Trinajstić information content (AvgIpc) is 3.21. The van der Waals surface area contributed by atoms with E-state index in [1.807, 2.05) is 0 Å². The lowest BCUT2D eigenvalue weighted by molar-refractivity contribution is 0.0696. The first-order valence-corrected chi connectivity index (χ1v) is 7.68. The average molecular weight is 307 g/mol. The highest BCUT2D eigenvalue weighted by Crippen LogP contribution is 2.28. The highest BCUT2D eigenvalue weighted by atomic mass is 16.4. The quantitative estimate of drug-likeness (QED) is 0.909.